The maximum Gasteiger partial charge on any atom is 0.164 e. The molecule has 0 saturated heterocycles. The maximum absolute atomic E-state index is 11.9. The molecule has 98 valence electrons. The topological polar surface area (TPSA) is 29.1 Å². The van der Waals surface area contributed by atoms with E-state index in [0.717, 1.165) is 15.7 Å². The Bertz CT molecular complexity index is 551. The van der Waals surface area contributed by atoms with Gasteiger partial charge in [0.05, 0.1) is 0 Å². The molecule has 0 unspecified atom stereocenters. The Labute approximate surface area is 134 Å². The molecule has 0 bridgehead atoms. The molecule has 4 heteroatoms. The van der Waals surface area contributed by atoms with Crippen LogP contribution in [0, 0.1) is 3.57 Å². The van der Waals surface area contributed by atoms with Crippen LogP contribution in [0.15, 0.2) is 53.0 Å². The highest BCUT2D eigenvalue weighted by molar-refractivity contribution is 14.1. The van der Waals surface area contributed by atoms with Gasteiger partial charge in [0, 0.05) is 32.3 Å². The minimum Gasteiger partial charge on any atom is -0.385 e. The Hall–Kier alpha value is -0.880. The Morgan fingerprint density at radius 1 is 1.05 bits per heavy atom. The molecule has 0 aliphatic heterocycles. The highest BCUT2D eigenvalue weighted by Gasteiger charge is 2.04. The van der Waals surface area contributed by atoms with Crippen LogP contribution in [-0.2, 0) is 0 Å². The Morgan fingerprint density at radius 2 is 1.68 bits per heavy atom. The third kappa shape index (κ3) is 4.62. The number of benzene rings is 2. The largest absolute Gasteiger partial charge is 0.385 e. The highest BCUT2D eigenvalue weighted by atomic mass is 127. The average molecular weight is 430 g/mol. The Kier molecular flexibility index (Phi) is 5.39. The summed E-state index contributed by atoms with van der Waals surface area (Å²) in [6.45, 7) is 0.648. The molecule has 2 rings (SSSR count). The molecule has 0 atom stereocenters. The molecule has 0 spiro atoms. The quantitative estimate of drug-likeness (QED) is 0.549. The number of carbonyl (C=O) groups excluding carboxylic acids is 1. The van der Waals surface area contributed by atoms with Gasteiger partial charge in [0.1, 0.15) is 0 Å². The second kappa shape index (κ2) is 7.05. The summed E-state index contributed by atoms with van der Waals surface area (Å²) >= 11 is 5.63. The van der Waals surface area contributed by atoms with E-state index in [1.165, 1.54) is 3.57 Å². The minimum absolute atomic E-state index is 0.158. The number of nitrogens with one attached hydrogen (secondary N) is 1. The van der Waals surface area contributed by atoms with Crippen molar-refractivity contribution in [1.82, 2.24) is 0 Å². The normalized spacial score (nSPS) is 10.2. The summed E-state index contributed by atoms with van der Waals surface area (Å²) in [7, 11) is 0. The smallest absolute Gasteiger partial charge is 0.164 e. The van der Waals surface area contributed by atoms with Gasteiger partial charge in [-0.15, -0.1) is 0 Å². The van der Waals surface area contributed by atoms with Gasteiger partial charge in [-0.05, 0) is 59.0 Å². The van der Waals surface area contributed by atoms with Crippen molar-refractivity contribution in [2.45, 2.75) is 6.42 Å². The van der Waals surface area contributed by atoms with Crippen LogP contribution < -0.4 is 5.32 Å². The van der Waals surface area contributed by atoms with Gasteiger partial charge in [-0.1, -0.05) is 28.1 Å². The van der Waals surface area contributed by atoms with Crippen molar-refractivity contribution in [2.24, 2.45) is 0 Å². The molecular weight excluding hydrogens is 417 g/mol. The van der Waals surface area contributed by atoms with E-state index >= 15 is 0 Å². The zero-order valence-electron chi connectivity index (χ0n) is 10.2. The highest BCUT2D eigenvalue weighted by Crippen LogP contribution is 2.13. The van der Waals surface area contributed by atoms with E-state index in [9.17, 15) is 4.79 Å². The van der Waals surface area contributed by atoms with Crippen molar-refractivity contribution in [3.8, 4) is 0 Å². The van der Waals surface area contributed by atoms with Crippen molar-refractivity contribution in [3.63, 3.8) is 0 Å². The van der Waals surface area contributed by atoms with Crippen molar-refractivity contribution in [1.29, 1.82) is 0 Å². The van der Waals surface area contributed by atoms with Gasteiger partial charge in [-0.2, -0.15) is 0 Å². The number of rotatable bonds is 5. The molecular formula is C15H13BrINO. The molecule has 0 aromatic heterocycles. The molecule has 0 aliphatic rings. The SMILES string of the molecule is O=C(CCNc1ccc(I)cc1)c1ccc(Br)cc1. The summed E-state index contributed by atoms with van der Waals surface area (Å²) in [4.78, 5) is 11.9. The van der Waals surface area contributed by atoms with Gasteiger partial charge in [0.25, 0.3) is 0 Å². The zero-order chi connectivity index (χ0) is 13.7. The van der Waals surface area contributed by atoms with Gasteiger partial charge in [0.2, 0.25) is 0 Å². The summed E-state index contributed by atoms with van der Waals surface area (Å²) in [5.41, 5.74) is 1.80. The lowest BCUT2D eigenvalue weighted by Crippen LogP contribution is -2.08. The summed E-state index contributed by atoms with van der Waals surface area (Å²) in [6.07, 6.45) is 0.494. The molecule has 0 aliphatic carbocycles. The lowest BCUT2D eigenvalue weighted by atomic mass is 10.1. The van der Waals surface area contributed by atoms with Crippen LogP contribution in [0.5, 0.6) is 0 Å². The zero-order valence-corrected chi connectivity index (χ0v) is 13.9. The van der Waals surface area contributed by atoms with E-state index in [2.05, 4.69) is 43.8 Å². The molecule has 2 aromatic rings. The summed E-state index contributed by atoms with van der Waals surface area (Å²) in [6, 6.07) is 15.6. The van der Waals surface area contributed by atoms with E-state index < -0.39 is 0 Å². The molecule has 0 saturated carbocycles. The lowest BCUT2D eigenvalue weighted by molar-refractivity contribution is 0.0986. The van der Waals surface area contributed by atoms with Gasteiger partial charge in [0.15, 0.2) is 5.78 Å². The molecule has 2 nitrogen and oxygen atoms in total. The van der Waals surface area contributed by atoms with E-state index in [1.54, 1.807) is 0 Å². The molecule has 2 aromatic carbocycles. The predicted molar refractivity (Wildman–Crippen MR) is 90.7 cm³/mol. The molecule has 19 heavy (non-hydrogen) atoms. The number of hydrogen-bond acceptors (Lipinski definition) is 2. The van der Waals surface area contributed by atoms with Crippen LogP contribution >= 0.6 is 38.5 Å². The third-order valence-corrected chi connectivity index (χ3v) is 3.94. The number of carbonyl (C=O) groups is 1. The molecule has 0 heterocycles. The molecule has 0 fully saturated rings. The fourth-order valence-corrected chi connectivity index (χ4v) is 2.29. The number of anilines is 1. The number of Topliss-reactive ketones (excluding diaryl/α,β-unsaturated/α-hetero) is 1. The number of ketones is 1. The lowest BCUT2D eigenvalue weighted by Gasteiger charge is -2.06. The maximum atomic E-state index is 11.9. The fourth-order valence-electron chi connectivity index (χ4n) is 1.67. The van der Waals surface area contributed by atoms with Crippen LogP contribution in [0.4, 0.5) is 5.69 Å². The summed E-state index contributed by atoms with van der Waals surface area (Å²) < 4.78 is 2.19. The second-order valence-electron chi connectivity index (χ2n) is 4.11. The van der Waals surface area contributed by atoms with Gasteiger partial charge < -0.3 is 5.32 Å². The van der Waals surface area contributed by atoms with Crippen molar-refractivity contribution >= 4 is 50.0 Å². The summed E-state index contributed by atoms with van der Waals surface area (Å²) in [5.74, 6) is 0.158. The van der Waals surface area contributed by atoms with Crippen LogP contribution in [0.1, 0.15) is 16.8 Å². The first-order chi connectivity index (χ1) is 9.15. The Balaban J connectivity index is 1.84. The van der Waals surface area contributed by atoms with Crippen LogP contribution in [-0.4, -0.2) is 12.3 Å². The fraction of sp³-hybridized carbons (Fsp3) is 0.133. The van der Waals surface area contributed by atoms with E-state index in [0.29, 0.717) is 13.0 Å². The molecule has 1 N–H and O–H groups in total. The Morgan fingerprint density at radius 3 is 2.32 bits per heavy atom. The van der Waals surface area contributed by atoms with Crippen LogP contribution in [0.2, 0.25) is 0 Å². The predicted octanol–water partition coefficient (Wildman–Crippen LogP) is 4.74. The molecule has 0 amide bonds. The summed E-state index contributed by atoms with van der Waals surface area (Å²) in [5, 5.41) is 3.25. The van der Waals surface area contributed by atoms with Gasteiger partial charge in [-0.3, -0.25) is 4.79 Å². The molecule has 0 radical (unpaired) electrons. The average Bonchev–Trinajstić information content (AvgIpc) is 2.41. The second-order valence-corrected chi connectivity index (χ2v) is 6.28. The van der Waals surface area contributed by atoms with E-state index in [-0.39, 0.29) is 5.78 Å². The van der Waals surface area contributed by atoms with Crippen LogP contribution in [0.3, 0.4) is 0 Å². The van der Waals surface area contributed by atoms with E-state index in [1.807, 2.05) is 48.5 Å². The monoisotopic (exact) mass is 429 g/mol. The van der Waals surface area contributed by atoms with Crippen molar-refractivity contribution < 1.29 is 4.79 Å². The number of hydrogen-bond donors (Lipinski definition) is 1. The first-order valence-corrected chi connectivity index (χ1v) is 7.80. The van der Waals surface area contributed by atoms with E-state index in [4.69, 9.17) is 0 Å². The first-order valence-electron chi connectivity index (χ1n) is 5.93. The van der Waals surface area contributed by atoms with Gasteiger partial charge >= 0.3 is 0 Å². The number of halogens is 2. The van der Waals surface area contributed by atoms with Crippen molar-refractivity contribution in [2.75, 3.05) is 11.9 Å². The van der Waals surface area contributed by atoms with Gasteiger partial charge in [-0.25, -0.2) is 0 Å². The first kappa shape index (κ1) is 14.5. The minimum atomic E-state index is 0.158. The third-order valence-electron chi connectivity index (χ3n) is 2.69. The standard InChI is InChI=1S/C15H13BrINO/c16-12-3-1-11(2-4-12)15(19)9-10-18-14-7-5-13(17)6-8-14/h1-8,18H,9-10H2. The van der Waals surface area contributed by atoms with Crippen LogP contribution in [0.25, 0.3) is 0 Å². The van der Waals surface area contributed by atoms with Crippen molar-refractivity contribution in [3.05, 3.63) is 62.1 Å².